The largest absolute Gasteiger partial charge is 0.462 e. The quantitative estimate of drug-likeness (QED) is 0.0878. The molecular weight excluding hydrogens is 679 g/mol. The molecule has 1 aromatic rings. The molecule has 0 amide bonds. The molecule has 0 saturated heterocycles. The van der Waals surface area contributed by atoms with Crippen molar-refractivity contribution in [3.05, 3.63) is 44.1 Å². The molecule has 232 valence electrons. The summed E-state index contributed by atoms with van der Waals surface area (Å²) in [5, 5.41) is 0. The number of carbonyl (C=O) groups excluding carboxylic acids is 4. The number of ether oxygens (including phenoxy) is 4. The van der Waals surface area contributed by atoms with Crippen molar-refractivity contribution in [2.24, 2.45) is 0 Å². The molecule has 0 bridgehead atoms. The third kappa shape index (κ3) is 8.36. The number of carbonyl (C=O) groups is 4. The van der Waals surface area contributed by atoms with Gasteiger partial charge in [-0.1, -0.05) is 22.6 Å². The van der Waals surface area contributed by atoms with E-state index in [1.54, 1.807) is 12.1 Å². The van der Waals surface area contributed by atoms with E-state index in [4.69, 9.17) is 18.9 Å². The van der Waals surface area contributed by atoms with Crippen LogP contribution in [0.3, 0.4) is 0 Å². The van der Waals surface area contributed by atoms with Crippen LogP contribution in [0.15, 0.2) is 21.7 Å². The van der Waals surface area contributed by atoms with Crippen LogP contribution in [0.5, 0.6) is 0 Å². The van der Waals surface area contributed by atoms with Crippen molar-refractivity contribution in [2.45, 2.75) is 79.4 Å². The SMILES string of the molecule is CC(=O)OCC(OC(C)=O)C(OC(C)=O)C(Cn1c2nc(=O)n(CCCI)c(=O)c-2nc2cc(C)c(C)cc21)OC(C)=O. The summed E-state index contributed by atoms with van der Waals surface area (Å²) >= 11 is 2.14. The second-order valence-corrected chi connectivity index (χ2v) is 11.0. The van der Waals surface area contributed by atoms with Gasteiger partial charge in [0.25, 0.3) is 5.56 Å². The number of esters is 4. The van der Waals surface area contributed by atoms with E-state index in [0.29, 0.717) is 21.9 Å². The minimum atomic E-state index is -1.47. The van der Waals surface area contributed by atoms with Crippen LogP contribution in [0.4, 0.5) is 0 Å². The molecule has 43 heavy (non-hydrogen) atoms. The number of aromatic nitrogens is 4. The van der Waals surface area contributed by atoms with Crippen LogP contribution < -0.4 is 11.2 Å². The Hall–Kier alpha value is -3.89. The average Bonchev–Trinajstić information content (AvgIpc) is 2.90. The van der Waals surface area contributed by atoms with Crippen LogP contribution in [0.25, 0.3) is 22.6 Å². The van der Waals surface area contributed by atoms with Gasteiger partial charge in [-0.2, -0.15) is 4.98 Å². The number of alkyl halides is 1. The fourth-order valence-corrected chi connectivity index (χ4v) is 4.86. The number of hydrogen-bond acceptors (Lipinski definition) is 12. The molecule has 3 atom stereocenters. The Morgan fingerprint density at radius 2 is 1.44 bits per heavy atom. The van der Waals surface area contributed by atoms with Crippen molar-refractivity contribution >= 4 is 57.5 Å². The van der Waals surface area contributed by atoms with Gasteiger partial charge in [0.05, 0.1) is 17.6 Å². The molecular formula is C28H33IN4O10. The first-order chi connectivity index (χ1) is 20.2. The van der Waals surface area contributed by atoms with E-state index in [9.17, 15) is 28.8 Å². The van der Waals surface area contributed by atoms with Crippen LogP contribution >= 0.6 is 22.6 Å². The molecule has 0 fully saturated rings. The lowest BCUT2D eigenvalue weighted by molar-refractivity contribution is -0.190. The molecule has 2 heterocycles. The summed E-state index contributed by atoms with van der Waals surface area (Å²) < 4.78 is 24.7. The molecule has 0 saturated carbocycles. The zero-order valence-corrected chi connectivity index (χ0v) is 26.8. The lowest BCUT2D eigenvalue weighted by Crippen LogP contribution is -2.49. The third-order valence-electron chi connectivity index (χ3n) is 6.46. The van der Waals surface area contributed by atoms with E-state index in [2.05, 4.69) is 32.6 Å². The Bertz CT molecular complexity index is 1630. The lowest BCUT2D eigenvalue weighted by atomic mass is 10.1. The molecule has 3 unspecified atom stereocenters. The molecule has 3 rings (SSSR count). The van der Waals surface area contributed by atoms with Gasteiger partial charge in [-0.3, -0.25) is 28.5 Å². The molecule has 15 heteroatoms. The Morgan fingerprint density at radius 3 is 2.02 bits per heavy atom. The van der Waals surface area contributed by atoms with Gasteiger partial charge in [0.15, 0.2) is 29.8 Å². The van der Waals surface area contributed by atoms with E-state index in [-0.39, 0.29) is 24.6 Å². The highest BCUT2D eigenvalue weighted by Gasteiger charge is 2.39. The number of nitrogens with zero attached hydrogens (tertiary/aromatic N) is 4. The van der Waals surface area contributed by atoms with Gasteiger partial charge in [-0.15, -0.1) is 0 Å². The van der Waals surface area contributed by atoms with Crippen molar-refractivity contribution in [2.75, 3.05) is 11.0 Å². The van der Waals surface area contributed by atoms with E-state index in [1.165, 1.54) is 4.57 Å². The molecule has 0 radical (unpaired) electrons. The Morgan fingerprint density at radius 1 is 0.837 bits per heavy atom. The van der Waals surface area contributed by atoms with E-state index in [0.717, 1.165) is 43.4 Å². The van der Waals surface area contributed by atoms with Gasteiger partial charge >= 0.3 is 29.6 Å². The zero-order valence-electron chi connectivity index (χ0n) is 24.7. The van der Waals surface area contributed by atoms with Gasteiger partial charge in [-0.25, -0.2) is 9.78 Å². The number of fused-ring (bicyclic) bond motifs is 2. The number of halogens is 1. The molecule has 2 aliphatic rings. The smallest absolute Gasteiger partial charge is 0.352 e. The minimum Gasteiger partial charge on any atom is -0.462 e. The standard InChI is InChI=1S/C28H33IN4O10/c1-14-10-20-21(11-15(14)2)33(26-24(30-20)27(38)32(9-7-8-29)28(39)31-26)12-22(41-17(4)35)25(43-19(6)37)23(42-18(5)36)13-40-16(3)34/h10-11,22-23,25H,7-9,12-13H2,1-6H3. The Kier molecular flexibility index (Phi) is 11.4. The molecule has 14 nitrogen and oxygen atoms in total. The van der Waals surface area contributed by atoms with Gasteiger partial charge in [-0.05, 0) is 43.5 Å². The summed E-state index contributed by atoms with van der Waals surface area (Å²) in [7, 11) is 0. The molecule has 1 aromatic carbocycles. The highest BCUT2D eigenvalue weighted by Crippen LogP contribution is 2.26. The second-order valence-electron chi connectivity index (χ2n) is 9.89. The Labute approximate surface area is 260 Å². The van der Waals surface area contributed by atoms with Crippen LogP contribution in [-0.2, 0) is 51.2 Å². The van der Waals surface area contributed by atoms with Crippen molar-refractivity contribution in [3.8, 4) is 11.5 Å². The first-order valence-corrected chi connectivity index (χ1v) is 14.9. The maximum absolute atomic E-state index is 13.5. The maximum Gasteiger partial charge on any atom is 0.352 e. The molecule has 0 N–H and O–H groups in total. The fraction of sp³-hybridized carbons (Fsp3) is 0.500. The predicted molar refractivity (Wildman–Crippen MR) is 161 cm³/mol. The average molecular weight is 712 g/mol. The maximum atomic E-state index is 13.5. The second kappa shape index (κ2) is 14.5. The van der Waals surface area contributed by atoms with E-state index < -0.39 is 60.0 Å². The number of rotatable bonds is 12. The fourth-order valence-electron chi connectivity index (χ4n) is 4.52. The first-order valence-electron chi connectivity index (χ1n) is 13.4. The van der Waals surface area contributed by atoms with Crippen molar-refractivity contribution in [1.82, 2.24) is 19.1 Å². The van der Waals surface area contributed by atoms with Crippen molar-refractivity contribution in [1.29, 1.82) is 0 Å². The van der Waals surface area contributed by atoms with Crippen molar-refractivity contribution in [3.63, 3.8) is 0 Å². The van der Waals surface area contributed by atoms with Gasteiger partial charge in [0, 0.05) is 38.7 Å². The minimum absolute atomic E-state index is 0.0841. The summed E-state index contributed by atoms with van der Waals surface area (Å²) in [5.41, 5.74) is 1.07. The summed E-state index contributed by atoms with van der Waals surface area (Å²) in [6.45, 7) is 7.54. The highest BCUT2D eigenvalue weighted by molar-refractivity contribution is 14.1. The topological polar surface area (TPSA) is 175 Å². The van der Waals surface area contributed by atoms with Gasteiger partial charge in [0.1, 0.15) is 6.61 Å². The lowest BCUT2D eigenvalue weighted by Gasteiger charge is -2.32. The third-order valence-corrected chi connectivity index (χ3v) is 7.22. The van der Waals surface area contributed by atoms with Crippen molar-refractivity contribution < 1.29 is 38.1 Å². The number of hydrogen-bond donors (Lipinski definition) is 0. The monoisotopic (exact) mass is 712 g/mol. The molecule has 0 aliphatic carbocycles. The van der Waals surface area contributed by atoms with Crippen LogP contribution in [0.1, 0.15) is 45.2 Å². The van der Waals surface area contributed by atoms with Crippen LogP contribution in [-0.4, -0.2) is 72.3 Å². The zero-order chi connectivity index (χ0) is 32.0. The number of benzene rings is 1. The first kappa shape index (κ1) is 33.6. The highest BCUT2D eigenvalue weighted by atomic mass is 127. The Balaban J connectivity index is 2.33. The number of aryl methyl sites for hydroxylation is 2. The van der Waals surface area contributed by atoms with Gasteiger partial charge in [0.2, 0.25) is 0 Å². The van der Waals surface area contributed by atoms with Crippen LogP contribution in [0, 0.1) is 13.8 Å². The van der Waals surface area contributed by atoms with E-state index >= 15 is 0 Å². The molecule has 0 spiro atoms. The normalized spacial score (nSPS) is 13.3. The summed E-state index contributed by atoms with van der Waals surface area (Å²) in [5.74, 6) is -3.13. The van der Waals surface area contributed by atoms with Gasteiger partial charge < -0.3 is 23.5 Å². The van der Waals surface area contributed by atoms with Crippen LogP contribution in [0.2, 0.25) is 0 Å². The van der Waals surface area contributed by atoms with E-state index in [1.807, 2.05) is 13.8 Å². The molecule has 0 aromatic heterocycles. The summed E-state index contributed by atoms with van der Waals surface area (Å²) in [6.07, 6.45) is -3.67. The summed E-state index contributed by atoms with van der Waals surface area (Å²) in [6, 6.07) is 3.55. The predicted octanol–water partition coefficient (Wildman–Crippen LogP) is 1.86. The summed E-state index contributed by atoms with van der Waals surface area (Å²) in [4.78, 5) is 83.4. The molecule has 2 aliphatic heterocycles.